The Morgan fingerprint density at radius 2 is 1.63 bits per heavy atom. The van der Waals surface area contributed by atoms with E-state index >= 15 is 0 Å². The van der Waals surface area contributed by atoms with E-state index in [9.17, 15) is 8.42 Å². The third kappa shape index (κ3) is 5.31. The highest BCUT2D eigenvalue weighted by Crippen LogP contribution is 2.19. The maximum absolute atomic E-state index is 12.5. The first kappa shape index (κ1) is 19.4. The van der Waals surface area contributed by atoms with Crippen molar-refractivity contribution < 1.29 is 13.2 Å². The van der Waals surface area contributed by atoms with Crippen molar-refractivity contribution in [3.8, 4) is 5.75 Å². The van der Waals surface area contributed by atoms with Crippen LogP contribution in [0.15, 0.2) is 71.6 Å². The summed E-state index contributed by atoms with van der Waals surface area (Å²) in [5.41, 5.74) is 1.16. The minimum absolute atomic E-state index is 0.153. The number of ether oxygens (including phenoxy) is 1. The molecule has 0 fully saturated rings. The molecule has 0 saturated heterocycles. The normalized spacial score (nSPS) is 11.8. The van der Waals surface area contributed by atoms with Gasteiger partial charge in [0, 0.05) is 6.54 Å². The molecule has 1 N–H and O–H groups in total. The first-order valence-corrected chi connectivity index (χ1v) is 10.7. The SMILES string of the molecule is CC(C)Oc1ccc(CCCNS(=O)(=O)c2ccc3ccccc3c2)cc1. The van der Waals surface area contributed by atoms with E-state index in [2.05, 4.69) is 4.72 Å². The topological polar surface area (TPSA) is 55.4 Å². The van der Waals surface area contributed by atoms with Crippen molar-refractivity contribution in [3.63, 3.8) is 0 Å². The van der Waals surface area contributed by atoms with E-state index in [4.69, 9.17) is 4.74 Å². The van der Waals surface area contributed by atoms with E-state index in [1.165, 1.54) is 0 Å². The first-order chi connectivity index (χ1) is 12.9. The van der Waals surface area contributed by atoms with E-state index in [1.54, 1.807) is 12.1 Å². The molecule has 0 heterocycles. The molecule has 0 radical (unpaired) electrons. The maximum atomic E-state index is 12.5. The van der Waals surface area contributed by atoms with Crippen LogP contribution in [0.2, 0.25) is 0 Å². The number of nitrogens with one attached hydrogen (secondary N) is 1. The lowest BCUT2D eigenvalue weighted by molar-refractivity contribution is 0.242. The van der Waals surface area contributed by atoms with Gasteiger partial charge in [0.25, 0.3) is 0 Å². The zero-order chi connectivity index (χ0) is 19.3. The molecule has 0 bridgehead atoms. The van der Waals surface area contributed by atoms with Crippen LogP contribution in [0.4, 0.5) is 0 Å². The second kappa shape index (κ2) is 8.55. The van der Waals surface area contributed by atoms with Crippen molar-refractivity contribution in [1.82, 2.24) is 4.72 Å². The molecule has 27 heavy (non-hydrogen) atoms. The summed E-state index contributed by atoms with van der Waals surface area (Å²) in [4.78, 5) is 0.302. The molecule has 0 saturated carbocycles. The fourth-order valence-corrected chi connectivity index (χ4v) is 4.03. The van der Waals surface area contributed by atoms with Crippen molar-refractivity contribution in [2.75, 3.05) is 6.54 Å². The third-order valence-corrected chi connectivity index (χ3v) is 5.72. The molecule has 0 atom stereocenters. The predicted molar refractivity (Wildman–Crippen MR) is 110 cm³/mol. The van der Waals surface area contributed by atoms with Gasteiger partial charge >= 0.3 is 0 Å². The van der Waals surface area contributed by atoms with E-state index in [-0.39, 0.29) is 6.10 Å². The number of aryl methyl sites for hydroxylation is 1. The number of hydrogen-bond donors (Lipinski definition) is 1. The van der Waals surface area contributed by atoms with Crippen molar-refractivity contribution >= 4 is 20.8 Å². The van der Waals surface area contributed by atoms with Crippen LogP contribution >= 0.6 is 0 Å². The summed E-state index contributed by atoms with van der Waals surface area (Å²) in [7, 11) is -3.50. The van der Waals surface area contributed by atoms with Crippen LogP contribution < -0.4 is 9.46 Å². The van der Waals surface area contributed by atoms with E-state index in [1.807, 2.05) is 68.4 Å². The van der Waals surface area contributed by atoms with E-state index < -0.39 is 10.0 Å². The van der Waals surface area contributed by atoms with Gasteiger partial charge in [-0.3, -0.25) is 0 Å². The number of sulfonamides is 1. The van der Waals surface area contributed by atoms with Crippen LogP contribution in [0.5, 0.6) is 5.75 Å². The average molecular weight is 384 g/mol. The van der Waals surface area contributed by atoms with Crippen LogP contribution in [0.1, 0.15) is 25.8 Å². The molecule has 0 aromatic heterocycles. The molecule has 3 rings (SSSR count). The van der Waals surface area contributed by atoms with Crippen LogP contribution in [0.3, 0.4) is 0 Å². The van der Waals surface area contributed by atoms with Crippen molar-refractivity contribution in [3.05, 3.63) is 72.3 Å². The fraction of sp³-hybridized carbons (Fsp3) is 0.273. The Morgan fingerprint density at radius 3 is 2.33 bits per heavy atom. The predicted octanol–water partition coefficient (Wildman–Crippen LogP) is 4.54. The van der Waals surface area contributed by atoms with Crippen molar-refractivity contribution in [2.24, 2.45) is 0 Å². The Kier molecular flexibility index (Phi) is 6.14. The van der Waals surface area contributed by atoms with Gasteiger partial charge in [0.15, 0.2) is 0 Å². The second-order valence-corrected chi connectivity index (χ2v) is 8.59. The minimum Gasteiger partial charge on any atom is -0.491 e. The monoisotopic (exact) mass is 383 g/mol. The number of hydrogen-bond acceptors (Lipinski definition) is 3. The smallest absolute Gasteiger partial charge is 0.240 e. The molecular formula is C22H25NO3S. The summed E-state index contributed by atoms with van der Waals surface area (Å²) in [5.74, 6) is 0.853. The highest BCUT2D eigenvalue weighted by molar-refractivity contribution is 7.89. The van der Waals surface area contributed by atoms with Gasteiger partial charge in [-0.25, -0.2) is 13.1 Å². The van der Waals surface area contributed by atoms with Crippen molar-refractivity contribution in [1.29, 1.82) is 0 Å². The fourth-order valence-electron chi connectivity index (χ4n) is 2.92. The molecule has 0 amide bonds. The zero-order valence-electron chi connectivity index (χ0n) is 15.7. The summed E-state index contributed by atoms with van der Waals surface area (Å²) in [6, 6.07) is 20.9. The summed E-state index contributed by atoms with van der Waals surface area (Å²) in [6.45, 7) is 4.39. The Morgan fingerprint density at radius 1 is 0.926 bits per heavy atom. The van der Waals surface area contributed by atoms with Crippen LogP contribution in [0, 0.1) is 0 Å². The molecule has 5 heteroatoms. The second-order valence-electron chi connectivity index (χ2n) is 6.82. The molecule has 0 spiro atoms. The van der Waals surface area contributed by atoms with Gasteiger partial charge in [-0.1, -0.05) is 42.5 Å². The van der Waals surface area contributed by atoms with Crippen LogP contribution in [0.25, 0.3) is 10.8 Å². The van der Waals surface area contributed by atoms with Crippen molar-refractivity contribution in [2.45, 2.75) is 37.7 Å². The summed E-state index contributed by atoms with van der Waals surface area (Å²) in [5, 5.41) is 1.95. The molecule has 142 valence electrons. The molecular weight excluding hydrogens is 358 g/mol. The van der Waals surface area contributed by atoms with Gasteiger partial charge in [0.2, 0.25) is 10.0 Å². The lowest BCUT2D eigenvalue weighted by atomic mass is 10.1. The van der Waals surface area contributed by atoms with E-state index in [0.29, 0.717) is 11.4 Å². The Labute approximate surface area is 161 Å². The number of rotatable bonds is 8. The Balaban J connectivity index is 1.54. The van der Waals surface area contributed by atoms with Crippen LogP contribution in [-0.2, 0) is 16.4 Å². The molecule has 4 nitrogen and oxygen atoms in total. The molecule has 0 aliphatic carbocycles. The summed E-state index contributed by atoms with van der Waals surface area (Å²) in [6.07, 6.45) is 1.69. The third-order valence-electron chi connectivity index (χ3n) is 4.26. The molecule has 3 aromatic rings. The van der Waals surface area contributed by atoms with Gasteiger partial charge in [-0.15, -0.1) is 0 Å². The lowest BCUT2D eigenvalue weighted by Gasteiger charge is -2.10. The Bertz CT molecular complexity index is 996. The number of benzene rings is 3. The summed E-state index contributed by atoms with van der Waals surface area (Å²) < 4.78 is 33.3. The standard InChI is InChI=1S/C22H25NO3S/c1-17(2)26-21-12-9-18(10-13-21)6-5-15-23-27(24,25)22-14-11-19-7-3-4-8-20(19)16-22/h3-4,7-14,16-17,23H,5-6,15H2,1-2H3. The van der Waals surface area contributed by atoms with Crippen LogP contribution in [-0.4, -0.2) is 21.1 Å². The number of fused-ring (bicyclic) bond motifs is 1. The largest absolute Gasteiger partial charge is 0.491 e. The molecule has 3 aromatic carbocycles. The Hall–Kier alpha value is -2.37. The quantitative estimate of drug-likeness (QED) is 0.581. The average Bonchev–Trinajstić information content (AvgIpc) is 2.65. The lowest BCUT2D eigenvalue weighted by Crippen LogP contribution is -2.25. The first-order valence-electron chi connectivity index (χ1n) is 9.18. The highest BCUT2D eigenvalue weighted by Gasteiger charge is 2.13. The van der Waals surface area contributed by atoms with E-state index in [0.717, 1.165) is 34.9 Å². The van der Waals surface area contributed by atoms with Gasteiger partial charge in [0.05, 0.1) is 11.0 Å². The molecule has 0 unspecified atom stereocenters. The van der Waals surface area contributed by atoms with Gasteiger partial charge in [0.1, 0.15) is 5.75 Å². The molecule has 0 aliphatic heterocycles. The maximum Gasteiger partial charge on any atom is 0.240 e. The zero-order valence-corrected chi connectivity index (χ0v) is 16.5. The highest BCUT2D eigenvalue weighted by atomic mass is 32.2. The minimum atomic E-state index is -3.50. The van der Waals surface area contributed by atoms with Gasteiger partial charge < -0.3 is 4.74 Å². The summed E-state index contributed by atoms with van der Waals surface area (Å²) >= 11 is 0. The van der Waals surface area contributed by atoms with Gasteiger partial charge in [-0.2, -0.15) is 0 Å². The van der Waals surface area contributed by atoms with Gasteiger partial charge in [-0.05, 0) is 67.3 Å². The molecule has 0 aliphatic rings.